The van der Waals surface area contributed by atoms with Crippen molar-refractivity contribution in [2.24, 2.45) is 10.3 Å². The fraction of sp³-hybridized carbons (Fsp3) is 0.294. The number of amides is 3. The van der Waals surface area contributed by atoms with Crippen molar-refractivity contribution in [2.75, 3.05) is 16.8 Å². The van der Waals surface area contributed by atoms with Crippen molar-refractivity contribution in [3.63, 3.8) is 0 Å². The summed E-state index contributed by atoms with van der Waals surface area (Å²) in [4.78, 5) is 43.0. The van der Waals surface area contributed by atoms with Crippen molar-refractivity contribution in [1.29, 1.82) is 0 Å². The minimum Gasteiger partial charge on any atom is -0.300 e. The monoisotopic (exact) mass is 384 g/mol. The molecule has 4 rings (SSSR count). The van der Waals surface area contributed by atoms with E-state index in [1.807, 2.05) is 19.9 Å². The molecule has 10 heteroatoms. The van der Waals surface area contributed by atoms with E-state index in [-0.39, 0.29) is 12.5 Å². The maximum absolute atomic E-state index is 12.9. The van der Waals surface area contributed by atoms with Crippen molar-refractivity contribution in [2.45, 2.75) is 25.9 Å². The maximum atomic E-state index is 12.9. The van der Waals surface area contributed by atoms with Gasteiger partial charge in [-0.2, -0.15) is 5.11 Å². The second-order valence-corrected chi connectivity index (χ2v) is 7.33. The molecule has 1 saturated heterocycles. The first-order chi connectivity index (χ1) is 12.9. The lowest BCUT2D eigenvalue weighted by molar-refractivity contribution is -0.123. The number of nitrogens with zero attached hydrogens (tertiary/aromatic N) is 5. The maximum Gasteiger partial charge on any atom is 0.263 e. The number of rotatable bonds is 4. The molecule has 1 fully saturated rings. The number of nitrogens with one attached hydrogen (secondary N) is 1. The van der Waals surface area contributed by atoms with Gasteiger partial charge in [0.05, 0.1) is 5.69 Å². The van der Waals surface area contributed by atoms with Gasteiger partial charge < -0.3 is 5.32 Å². The van der Waals surface area contributed by atoms with Crippen molar-refractivity contribution in [3.05, 3.63) is 40.9 Å². The summed E-state index contributed by atoms with van der Waals surface area (Å²) in [5.41, 5.74) is 2.41. The number of imide groups is 1. The zero-order valence-electron chi connectivity index (χ0n) is 14.6. The number of hydrogen-bond acceptors (Lipinski definition) is 8. The summed E-state index contributed by atoms with van der Waals surface area (Å²) in [6.45, 7) is 3.61. The van der Waals surface area contributed by atoms with Gasteiger partial charge in [-0.25, -0.2) is 9.88 Å². The van der Waals surface area contributed by atoms with Gasteiger partial charge in [0, 0.05) is 11.6 Å². The molecule has 0 unspecified atom stereocenters. The van der Waals surface area contributed by atoms with Gasteiger partial charge in [0.1, 0.15) is 6.54 Å². The van der Waals surface area contributed by atoms with Crippen LogP contribution >= 0.6 is 11.3 Å². The molecule has 0 saturated carbocycles. The molecule has 0 bridgehead atoms. The van der Waals surface area contributed by atoms with Gasteiger partial charge in [-0.15, -0.1) is 11.3 Å². The molecule has 9 nitrogen and oxygen atoms in total. The Morgan fingerprint density at radius 2 is 1.93 bits per heavy atom. The van der Waals surface area contributed by atoms with Gasteiger partial charge in [-0.3, -0.25) is 19.4 Å². The number of aromatic nitrogens is 1. The van der Waals surface area contributed by atoms with E-state index in [2.05, 4.69) is 20.6 Å². The first-order valence-corrected chi connectivity index (χ1v) is 9.15. The van der Waals surface area contributed by atoms with E-state index in [1.165, 1.54) is 16.3 Å². The number of thiazole rings is 1. The van der Waals surface area contributed by atoms with Crippen LogP contribution in [0.3, 0.4) is 0 Å². The van der Waals surface area contributed by atoms with Gasteiger partial charge in [0.25, 0.3) is 11.8 Å². The SMILES string of the molecule is Cc1cc(C)cc(N2C(=O)[C@H]3N=NN(CC(=O)Nc4nccs4)[C@H]3C2=O)c1. The Morgan fingerprint density at radius 1 is 1.19 bits per heavy atom. The van der Waals surface area contributed by atoms with Crippen LogP contribution in [-0.2, 0) is 14.4 Å². The van der Waals surface area contributed by atoms with Crippen molar-refractivity contribution < 1.29 is 14.4 Å². The average Bonchev–Trinajstić information content (AvgIpc) is 3.28. The Bertz CT molecular complexity index is 937. The predicted octanol–water partition coefficient (Wildman–Crippen LogP) is 1.69. The van der Waals surface area contributed by atoms with Crippen LogP contribution in [0, 0.1) is 13.8 Å². The molecule has 2 aliphatic heterocycles. The molecular formula is C17H16N6O3S. The molecule has 0 spiro atoms. The van der Waals surface area contributed by atoms with E-state index in [9.17, 15) is 14.4 Å². The van der Waals surface area contributed by atoms with Gasteiger partial charge >= 0.3 is 0 Å². The second-order valence-electron chi connectivity index (χ2n) is 6.44. The molecule has 1 N–H and O–H groups in total. The minimum atomic E-state index is -0.925. The van der Waals surface area contributed by atoms with E-state index in [1.54, 1.807) is 23.7 Å². The summed E-state index contributed by atoms with van der Waals surface area (Å²) in [5.74, 6) is -1.24. The number of benzene rings is 1. The van der Waals surface area contributed by atoms with Crippen molar-refractivity contribution >= 4 is 39.9 Å². The van der Waals surface area contributed by atoms with Crippen LogP contribution in [0.5, 0.6) is 0 Å². The predicted molar refractivity (Wildman–Crippen MR) is 98.3 cm³/mol. The number of carbonyl (C=O) groups is 3. The topological polar surface area (TPSA) is 107 Å². The number of fused-ring (bicyclic) bond motifs is 1. The molecule has 1 aromatic heterocycles. The molecule has 27 heavy (non-hydrogen) atoms. The van der Waals surface area contributed by atoms with Crippen molar-refractivity contribution in [3.8, 4) is 0 Å². The summed E-state index contributed by atoms with van der Waals surface area (Å²) < 4.78 is 0. The number of anilines is 2. The Balaban J connectivity index is 1.53. The first kappa shape index (κ1) is 17.3. The lowest BCUT2D eigenvalue weighted by Gasteiger charge is -2.20. The standard InChI is InChI=1S/C17H16N6O3S/c1-9-5-10(2)7-11(6-9)23-15(25)13-14(16(23)26)22(21-20-13)8-12(24)19-17-18-3-4-27-17/h3-7,13-14H,8H2,1-2H3,(H,18,19,24)/t13-,14+/m0/s1. The number of hydrogen-bond donors (Lipinski definition) is 1. The van der Waals surface area contributed by atoms with Gasteiger partial charge in [-0.1, -0.05) is 11.3 Å². The summed E-state index contributed by atoms with van der Waals surface area (Å²) in [7, 11) is 0. The molecule has 1 aromatic carbocycles. The summed E-state index contributed by atoms with van der Waals surface area (Å²) in [6.07, 6.45) is 1.58. The molecule has 138 valence electrons. The largest absolute Gasteiger partial charge is 0.300 e. The molecule has 2 atom stereocenters. The number of carbonyl (C=O) groups excluding carboxylic acids is 3. The third-order valence-electron chi connectivity index (χ3n) is 4.31. The average molecular weight is 384 g/mol. The molecule has 2 aromatic rings. The molecule has 3 heterocycles. The van der Waals surface area contributed by atoms with E-state index >= 15 is 0 Å². The van der Waals surface area contributed by atoms with Gasteiger partial charge in [0.15, 0.2) is 17.2 Å². The minimum absolute atomic E-state index is 0.191. The molecule has 3 amide bonds. The normalized spacial score (nSPS) is 21.1. The van der Waals surface area contributed by atoms with E-state index in [0.29, 0.717) is 10.8 Å². The third-order valence-corrected chi connectivity index (χ3v) is 5.00. The van der Waals surface area contributed by atoms with Crippen molar-refractivity contribution in [1.82, 2.24) is 9.99 Å². The summed E-state index contributed by atoms with van der Waals surface area (Å²) in [6, 6.07) is 3.69. The summed E-state index contributed by atoms with van der Waals surface area (Å²) in [5, 5.41) is 13.9. The molecular weight excluding hydrogens is 368 g/mol. The highest BCUT2D eigenvalue weighted by Crippen LogP contribution is 2.32. The Labute approximate surface area is 158 Å². The smallest absolute Gasteiger partial charge is 0.263 e. The number of aryl methyl sites for hydroxylation is 2. The first-order valence-electron chi connectivity index (χ1n) is 8.27. The van der Waals surface area contributed by atoms with Crippen LogP contribution < -0.4 is 10.2 Å². The molecule has 0 aliphatic carbocycles. The quantitative estimate of drug-likeness (QED) is 0.807. The van der Waals surface area contributed by atoms with Crippen LogP contribution in [0.15, 0.2) is 40.1 Å². The fourth-order valence-electron chi connectivity index (χ4n) is 3.28. The van der Waals surface area contributed by atoms with Gasteiger partial charge in [-0.05, 0) is 37.1 Å². The van der Waals surface area contributed by atoms with Crippen LogP contribution in [0.4, 0.5) is 10.8 Å². The fourth-order valence-corrected chi connectivity index (χ4v) is 3.82. The van der Waals surface area contributed by atoms with E-state index < -0.39 is 23.9 Å². The third kappa shape index (κ3) is 3.08. The highest BCUT2D eigenvalue weighted by Gasteiger charge is 2.55. The van der Waals surface area contributed by atoms with Crippen LogP contribution in [0.1, 0.15) is 11.1 Å². The van der Waals surface area contributed by atoms with Crippen LogP contribution in [0.25, 0.3) is 0 Å². The summed E-state index contributed by atoms with van der Waals surface area (Å²) >= 11 is 1.28. The Hall–Kier alpha value is -3.14. The Kier molecular flexibility index (Phi) is 4.19. The molecule has 2 aliphatic rings. The van der Waals surface area contributed by atoms with E-state index in [4.69, 9.17) is 0 Å². The van der Waals surface area contributed by atoms with Crippen LogP contribution in [0.2, 0.25) is 0 Å². The van der Waals surface area contributed by atoms with E-state index in [0.717, 1.165) is 16.0 Å². The zero-order valence-corrected chi connectivity index (χ0v) is 15.4. The molecule has 0 radical (unpaired) electrons. The van der Waals surface area contributed by atoms with Gasteiger partial charge in [0.2, 0.25) is 5.91 Å². The highest BCUT2D eigenvalue weighted by molar-refractivity contribution is 7.13. The zero-order chi connectivity index (χ0) is 19.1. The highest BCUT2D eigenvalue weighted by atomic mass is 32.1. The lowest BCUT2D eigenvalue weighted by atomic mass is 10.1. The Morgan fingerprint density at radius 3 is 2.59 bits per heavy atom. The second kappa shape index (κ2) is 6.54. The lowest BCUT2D eigenvalue weighted by Crippen LogP contribution is -2.43. The van der Waals surface area contributed by atoms with Crippen LogP contribution in [-0.4, -0.2) is 46.3 Å².